The third kappa shape index (κ3) is 3.48. The molecule has 3 nitrogen and oxygen atoms in total. The number of nitrogens with one attached hydrogen (secondary N) is 2. The van der Waals surface area contributed by atoms with Gasteiger partial charge in [-0.15, -0.1) is 12.4 Å². The lowest BCUT2D eigenvalue weighted by molar-refractivity contribution is 0.0923. The molecule has 0 saturated carbocycles. The van der Waals surface area contributed by atoms with E-state index in [1.807, 2.05) is 6.07 Å². The predicted octanol–water partition coefficient (Wildman–Crippen LogP) is 3.54. The summed E-state index contributed by atoms with van der Waals surface area (Å²) in [6.07, 6.45) is 4.52. The SMILES string of the molecule is Cl.O=C(NC1CC2CCC(C1)N2)c1cc(Cl)ccc1Br. The fourth-order valence-corrected chi connectivity index (χ4v) is 3.71. The highest BCUT2D eigenvalue weighted by atomic mass is 79.9. The molecule has 0 radical (unpaired) electrons. The maximum atomic E-state index is 12.3. The average Bonchev–Trinajstić information content (AvgIpc) is 2.71. The molecule has 2 heterocycles. The largest absolute Gasteiger partial charge is 0.349 e. The van der Waals surface area contributed by atoms with Crippen LogP contribution in [0.4, 0.5) is 0 Å². The van der Waals surface area contributed by atoms with Gasteiger partial charge in [-0.1, -0.05) is 11.6 Å². The quantitative estimate of drug-likeness (QED) is 0.825. The molecule has 1 aromatic carbocycles. The number of hydrogen-bond acceptors (Lipinski definition) is 2. The van der Waals surface area contributed by atoms with Crippen LogP contribution < -0.4 is 10.6 Å². The molecule has 2 bridgehead atoms. The summed E-state index contributed by atoms with van der Waals surface area (Å²) < 4.78 is 0.784. The molecule has 0 aliphatic carbocycles. The van der Waals surface area contributed by atoms with Crippen LogP contribution in [0.3, 0.4) is 0 Å². The van der Waals surface area contributed by atoms with Crippen LogP contribution in [0.15, 0.2) is 22.7 Å². The molecule has 2 aliphatic rings. The fourth-order valence-electron chi connectivity index (χ4n) is 3.11. The molecular formula is C14H17BrCl2N2O. The van der Waals surface area contributed by atoms with Crippen LogP contribution in [0, 0.1) is 0 Å². The van der Waals surface area contributed by atoms with Gasteiger partial charge in [-0.05, 0) is 59.8 Å². The van der Waals surface area contributed by atoms with Gasteiger partial charge >= 0.3 is 0 Å². The normalized spacial score (nSPS) is 27.8. The van der Waals surface area contributed by atoms with Gasteiger partial charge in [0.2, 0.25) is 0 Å². The van der Waals surface area contributed by atoms with Crippen LogP contribution in [0.2, 0.25) is 5.02 Å². The summed E-state index contributed by atoms with van der Waals surface area (Å²) in [6, 6.07) is 6.71. The number of piperidine rings is 1. The Morgan fingerprint density at radius 1 is 1.30 bits per heavy atom. The molecule has 110 valence electrons. The Labute approximate surface area is 138 Å². The van der Waals surface area contributed by atoms with Gasteiger partial charge in [0.05, 0.1) is 5.56 Å². The fraction of sp³-hybridized carbons (Fsp3) is 0.500. The molecule has 2 unspecified atom stereocenters. The molecule has 2 N–H and O–H groups in total. The van der Waals surface area contributed by atoms with Crippen molar-refractivity contribution in [2.24, 2.45) is 0 Å². The van der Waals surface area contributed by atoms with Crippen molar-refractivity contribution in [1.82, 2.24) is 10.6 Å². The Hall–Kier alpha value is -0.290. The molecule has 1 aromatic rings. The predicted molar refractivity (Wildman–Crippen MR) is 86.8 cm³/mol. The molecule has 6 heteroatoms. The van der Waals surface area contributed by atoms with Gasteiger partial charge in [0.1, 0.15) is 0 Å². The summed E-state index contributed by atoms with van der Waals surface area (Å²) in [5, 5.41) is 7.29. The minimum atomic E-state index is -0.0410. The Balaban J connectivity index is 0.00000147. The molecule has 2 atom stereocenters. The summed E-state index contributed by atoms with van der Waals surface area (Å²) in [4.78, 5) is 12.3. The van der Waals surface area contributed by atoms with Crippen molar-refractivity contribution in [3.63, 3.8) is 0 Å². The molecule has 1 amide bonds. The van der Waals surface area contributed by atoms with Gasteiger partial charge in [0.15, 0.2) is 0 Å². The molecule has 20 heavy (non-hydrogen) atoms. The lowest BCUT2D eigenvalue weighted by Crippen LogP contribution is -2.48. The van der Waals surface area contributed by atoms with Crippen LogP contribution in [0.25, 0.3) is 0 Å². The van der Waals surface area contributed by atoms with E-state index in [2.05, 4.69) is 26.6 Å². The van der Waals surface area contributed by atoms with Gasteiger partial charge in [-0.2, -0.15) is 0 Å². The summed E-state index contributed by atoms with van der Waals surface area (Å²) in [7, 11) is 0. The molecule has 0 spiro atoms. The monoisotopic (exact) mass is 378 g/mol. The van der Waals surface area contributed by atoms with E-state index in [0.717, 1.165) is 17.3 Å². The van der Waals surface area contributed by atoms with Crippen LogP contribution in [0.5, 0.6) is 0 Å². The van der Waals surface area contributed by atoms with E-state index < -0.39 is 0 Å². The van der Waals surface area contributed by atoms with Crippen molar-refractivity contribution in [3.05, 3.63) is 33.3 Å². The molecule has 2 fully saturated rings. The zero-order valence-electron chi connectivity index (χ0n) is 10.9. The summed E-state index contributed by atoms with van der Waals surface area (Å²) >= 11 is 9.35. The van der Waals surface area contributed by atoms with Crippen molar-refractivity contribution in [2.45, 2.75) is 43.8 Å². The summed E-state index contributed by atoms with van der Waals surface area (Å²) in [6.45, 7) is 0. The van der Waals surface area contributed by atoms with Crippen LogP contribution >= 0.6 is 39.9 Å². The maximum Gasteiger partial charge on any atom is 0.252 e. The average molecular weight is 380 g/mol. The number of amides is 1. The van der Waals surface area contributed by atoms with E-state index in [-0.39, 0.29) is 24.4 Å². The molecule has 2 saturated heterocycles. The van der Waals surface area contributed by atoms with Crippen molar-refractivity contribution in [2.75, 3.05) is 0 Å². The zero-order chi connectivity index (χ0) is 13.4. The lowest BCUT2D eigenvalue weighted by Gasteiger charge is -2.29. The number of rotatable bonds is 2. The summed E-state index contributed by atoms with van der Waals surface area (Å²) in [5.74, 6) is -0.0410. The highest BCUT2D eigenvalue weighted by Gasteiger charge is 2.34. The van der Waals surface area contributed by atoms with Crippen LogP contribution in [-0.2, 0) is 0 Å². The van der Waals surface area contributed by atoms with E-state index in [1.165, 1.54) is 12.8 Å². The first-order chi connectivity index (χ1) is 9.11. The Morgan fingerprint density at radius 2 is 1.95 bits per heavy atom. The van der Waals surface area contributed by atoms with E-state index in [0.29, 0.717) is 22.7 Å². The Kier molecular flexibility index (Phi) is 5.35. The number of benzene rings is 1. The first-order valence-corrected chi connectivity index (χ1v) is 7.81. The van der Waals surface area contributed by atoms with Gasteiger partial charge in [-0.3, -0.25) is 4.79 Å². The number of fused-ring (bicyclic) bond motifs is 2. The first-order valence-electron chi connectivity index (χ1n) is 6.64. The molecular weight excluding hydrogens is 363 g/mol. The lowest BCUT2D eigenvalue weighted by atomic mass is 9.99. The maximum absolute atomic E-state index is 12.3. The van der Waals surface area contributed by atoms with Crippen molar-refractivity contribution < 1.29 is 4.79 Å². The summed E-state index contributed by atoms with van der Waals surface area (Å²) in [5.41, 5.74) is 0.610. The molecule has 0 aromatic heterocycles. The number of carbonyl (C=O) groups is 1. The number of hydrogen-bond donors (Lipinski definition) is 2. The van der Waals surface area contributed by atoms with Crippen LogP contribution in [-0.4, -0.2) is 24.0 Å². The standard InChI is InChI=1S/C14H16BrClN2O.ClH/c15-13-4-1-8(16)5-12(13)14(19)18-11-6-9-2-3-10(7-11)17-9;/h1,4-5,9-11,17H,2-3,6-7H2,(H,18,19);1H. The van der Waals surface area contributed by atoms with Crippen molar-refractivity contribution in [3.8, 4) is 0 Å². The smallest absolute Gasteiger partial charge is 0.252 e. The van der Waals surface area contributed by atoms with E-state index >= 15 is 0 Å². The highest BCUT2D eigenvalue weighted by Crippen LogP contribution is 2.27. The third-order valence-corrected chi connectivity index (χ3v) is 4.91. The Morgan fingerprint density at radius 3 is 2.60 bits per heavy atom. The number of halogens is 3. The minimum Gasteiger partial charge on any atom is -0.349 e. The van der Waals surface area contributed by atoms with Crippen molar-refractivity contribution in [1.29, 1.82) is 0 Å². The highest BCUT2D eigenvalue weighted by molar-refractivity contribution is 9.10. The second-order valence-electron chi connectivity index (χ2n) is 5.40. The first kappa shape index (κ1) is 16.1. The van der Waals surface area contributed by atoms with E-state index in [4.69, 9.17) is 11.6 Å². The minimum absolute atomic E-state index is 0. The molecule has 3 rings (SSSR count). The van der Waals surface area contributed by atoms with Crippen molar-refractivity contribution >= 4 is 45.8 Å². The van der Waals surface area contributed by atoms with E-state index in [1.54, 1.807) is 12.1 Å². The topological polar surface area (TPSA) is 41.1 Å². The second kappa shape index (κ2) is 6.65. The van der Waals surface area contributed by atoms with Gasteiger partial charge in [-0.25, -0.2) is 0 Å². The van der Waals surface area contributed by atoms with Gasteiger partial charge in [0.25, 0.3) is 5.91 Å². The zero-order valence-corrected chi connectivity index (χ0v) is 14.0. The third-order valence-electron chi connectivity index (χ3n) is 3.98. The van der Waals surface area contributed by atoms with E-state index in [9.17, 15) is 4.79 Å². The van der Waals surface area contributed by atoms with Crippen LogP contribution in [0.1, 0.15) is 36.0 Å². The Bertz CT molecular complexity index is 500. The second-order valence-corrected chi connectivity index (χ2v) is 6.69. The number of carbonyl (C=O) groups excluding carboxylic acids is 1. The molecule has 2 aliphatic heterocycles. The van der Waals surface area contributed by atoms with Gasteiger partial charge in [0, 0.05) is 27.6 Å². The van der Waals surface area contributed by atoms with Gasteiger partial charge < -0.3 is 10.6 Å².